The minimum Gasteiger partial charge on any atom is -0.383 e. The Hall–Kier alpha value is -0.810. The average Bonchev–Trinajstić information content (AvgIpc) is 2.61. The van der Waals surface area contributed by atoms with E-state index in [0.29, 0.717) is 11.9 Å². The van der Waals surface area contributed by atoms with Crippen LogP contribution >= 0.6 is 11.5 Å². The second-order valence-corrected chi connectivity index (χ2v) is 5.17. The molecule has 0 spiro atoms. The molecule has 0 bridgehead atoms. The van der Waals surface area contributed by atoms with E-state index < -0.39 is 0 Å². The Kier molecular flexibility index (Phi) is 3.66. The number of aromatic nitrogens is 1. The van der Waals surface area contributed by atoms with E-state index >= 15 is 0 Å². The molecule has 1 atom stereocenters. The van der Waals surface area contributed by atoms with Gasteiger partial charge in [-0.3, -0.25) is 0 Å². The molecule has 0 radical (unpaired) electrons. The van der Waals surface area contributed by atoms with Gasteiger partial charge in [0.15, 0.2) is 0 Å². The first-order chi connectivity index (χ1) is 7.70. The summed E-state index contributed by atoms with van der Waals surface area (Å²) < 4.78 is 4.16. The second kappa shape index (κ2) is 5.01. The molecule has 5 heteroatoms. The van der Waals surface area contributed by atoms with Crippen molar-refractivity contribution in [2.75, 3.05) is 30.7 Å². The lowest BCUT2D eigenvalue weighted by atomic mass is 10.1. The lowest BCUT2D eigenvalue weighted by Gasteiger charge is -2.32. The van der Waals surface area contributed by atoms with Crippen LogP contribution < -0.4 is 11.1 Å². The molecule has 90 valence electrons. The highest BCUT2D eigenvalue weighted by Gasteiger charge is 2.20. The molecule has 2 heterocycles. The first-order valence-corrected chi connectivity index (χ1v) is 6.68. The van der Waals surface area contributed by atoms with Crippen LogP contribution in [0.2, 0.25) is 0 Å². The van der Waals surface area contributed by atoms with Crippen molar-refractivity contribution in [3.63, 3.8) is 0 Å². The quantitative estimate of drug-likeness (QED) is 0.847. The van der Waals surface area contributed by atoms with Gasteiger partial charge in [0.05, 0.1) is 0 Å². The molecule has 0 aromatic carbocycles. The summed E-state index contributed by atoms with van der Waals surface area (Å²) in [5.74, 6) is 0.663. The van der Waals surface area contributed by atoms with Crippen molar-refractivity contribution >= 4 is 22.4 Å². The van der Waals surface area contributed by atoms with Crippen LogP contribution in [0.25, 0.3) is 0 Å². The number of nitrogens with two attached hydrogens (primary N) is 1. The lowest BCUT2D eigenvalue weighted by molar-refractivity contribution is 0.227. The Morgan fingerprint density at radius 3 is 3.06 bits per heavy atom. The van der Waals surface area contributed by atoms with Gasteiger partial charge in [-0.2, -0.15) is 4.37 Å². The number of nitrogens with zero attached hydrogens (tertiary/aromatic N) is 2. The smallest absolute Gasteiger partial charge is 0.142 e. The molecule has 0 aliphatic carbocycles. The van der Waals surface area contributed by atoms with Crippen LogP contribution in [-0.2, 0) is 0 Å². The average molecular weight is 240 g/mol. The third-order valence-corrected chi connectivity index (χ3v) is 4.14. The molecule has 0 amide bonds. The van der Waals surface area contributed by atoms with Crippen LogP contribution in [0.3, 0.4) is 0 Å². The van der Waals surface area contributed by atoms with E-state index in [2.05, 4.69) is 21.5 Å². The maximum absolute atomic E-state index is 5.75. The van der Waals surface area contributed by atoms with Crippen molar-refractivity contribution < 1.29 is 0 Å². The lowest BCUT2D eigenvalue weighted by Crippen LogP contribution is -2.41. The number of nitrogen functional groups attached to an aromatic ring is 1. The highest BCUT2D eigenvalue weighted by Crippen LogP contribution is 2.27. The molecule has 2 rings (SSSR count). The highest BCUT2D eigenvalue weighted by atomic mass is 32.1. The van der Waals surface area contributed by atoms with Crippen LogP contribution in [-0.4, -0.2) is 34.9 Å². The first-order valence-electron chi connectivity index (χ1n) is 5.91. The molecule has 3 N–H and O–H groups in total. The summed E-state index contributed by atoms with van der Waals surface area (Å²) in [5.41, 5.74) is 6.84. The van der Waals surface area contributed by atoms with E-state index in [0.717, 1.165) is 23.7 Å². The third kappa shape index (κ3) is 2.47. The van der Waals surface area contributed by atoms with Gasteiger partial charge in [0, 0.05) is 18.2 Å². The number of piperidine rings is 1. The van der Waals surface area contributed by atoms with Gasteiger partial charge in [-0.1, -0.05) is 6.92 Å². The summed E-state index contributed by atoms with van der Waals surface area (Å²) in [6.45, 7) is 7.76. The zero-order chi connectivity index (χ0) is 11.5. The van der Waals surface area contributed by atoms with Crippen LogP contribution in [0.5, 0.6) is 0 Å². The fourth-order valence-corrected chi connectivity index (χ4v) is 2.92. The molecule has 1 aromatic rings. The Morgan fingerprint density at radius 1 is 1.62 bits per heavy atom. The topological polar surface area (TPSA) is 54.2 Å². The maximum Gasteiger partial charge on any atom is 0.142 e. The van der Waals surface area contributed by atoms with Crippen LogP contribution in [0, 0.1) is 6.92 Å². The third-order valence-electron chi connectivity index (χ3n) is 3.25. The molecule has 1 aromatic heterocycles. The molecular formula is C11H20N4S. The second-order valence-electron chi connectivity index (χ2n) is 4.40. The SMILES string of the molecule is CCN1CCCC(Nc2snc(N)c2C)C1. The van der Waals surface area contributed by atoms with Crippen LogP contribution in [0.15, 0.2) is 0 Å². The van der Waals surface area contributed by atoms with Gasteiger partial charge in [-0.15, -0.1) is 0 Å². The largest absolute Gasteiger partial charge is 0.383 e. The van der Waals surface area contributed by atoms with Crippen LogP contribution in [0.4, 0.5) is 10.8 Å². The van der Waals surface area contributed by atoms with Crippen molar-refractivity contribution in [1.29, 1.82) is 0 Å². The van der Waals surface area contributed by atoms with Gasteiger partial charge in [0.25, 0.3) is 0 Å². The van der Waals surface area contributed by atoms with E-state index in [-0.39, 0.29) is 0 Å². The summed E-state index contributed by atoms with van der Waals surface area (Å²) in [7, 11) is 0. The number of hydrogen-bond acceptors (Lipinski definition) is 5. The molecular weight excluding hydrogens is 220 g/mol. The monoisotopic (exact) mass is 240 g/mol. The minimum atomic E-state index is 0.548. The van der Waals surface area contributed by atoms with Crippen LogP contribution in [0.1, 0.15) is 25.3 Å². The number of rotatable bonds is 3. The molecule has 1 unspecified atom stereocenters. The minimum absolute atomic E-state index is 0.548. The molecule has 16 heavy (non-hydrogen) atoms. The van der Waals surface area contributed by atoms with Gasteiger partial charge in [-0.05, 0) is 44.4 Å². The van der Waals surface area contributed by atoms with Gasteiger partial charge in [-0.25, -0.2) is 0 Å². The van der Waals surface area contributed by atoms with E-state index in [1.165, 1.54) is 30.9 Å². The Bertz CT molecular complexity index is 350. The summed E-state index contributed by atoms with van der Waals surface area (Å²) in [6, 6.07) is 0.548. The Balaban J connectivity index is 1.96. The van der Waals surface area contributed by atoms with Crippen molar-refractivity contribution in [1.82, 2.24) is 9.27 Å². The van der Waals surface area contributed by atoms with E-state index in [9.17, 15) is 0 Å². The van der Waals surface area contributed by atoms with E-state index in [4.69, 9.17) is 5.73 Å². The van der Waals surface area contributed by atoms with Gasteiger partial charge in [0.2, 0.25) is 0 Å². The van der Waals surface area contributed by atoms with Crippen molar-refractivity contribution in [2.45, 2.75) is 32.7 Å². The standard InChI is InChI=1S/C11H20N4S/c1-3-15-6-4-5-9(7-15)13-11-8(2)10(12)14-16-11/h9,13H,3-7H2,1-2H3,(H2,12,14). The van der Waals surface area contributed by atoms with E-state index in [1.807, 2.05) is 6.92 Å². The zero-order valence-electron chi connectivity index (χ0n) is 9.99. The predicted octanol–water partition coefficient (Wildman–Crippen LogP) is 1.93. The Labute approximate surface area is 101 Å². The normalized spacial score (nSPS) is 22.2. The molecule has 1 fully saturated rings. The molecule has 4 nitrogen and oxygen atoms in total. The fourth-order valence-electron chi connectivity index (χ4n) is 2.13. The van der Waals surface area contributed by atoms with Gasteiger partial charge >= 0.3 is 0 Å². The fraction of sp³-hybridized carbons (Fsp3) is 0.727. The molecule has 1 aliphatic heterocycles. The zero-order valence-corrected chi connectivity index (χ0v) is 10.8. The molecule has 1 saturated heterocycles. The van der Waals surface area contributed by atoms with Crippen molar-refractivity contribution in [3.05, 3.63) is 5.56 Å². The summed E-state index contributed by atoms with van der Waals surface area (Å²) in [4.78, 5) is 2.49. The number of hydrogen-bond donors (Lipinski definition) is 2. The van der Waals surface area contributed by atoms with Crippen molar-refractivity contribution in [3.8, 4) is 0 Å². The van der Waals surface area contributed by atoms with E-state index in [1.54, 1.807) is 0 Å². The predicted molar refractivity (Wildman–Crippen MR) is 70.0 cm³/mol. The molecule has 1 aliphatic rings. The summed E-state index contributed by atoms with van der Waals surface area (Å²) in [6.07, 6.45) is 2.52. The maximum atomic E-state index is 5.75. The van der Waals surface area contributed by atoms with Gasteiger partial charge < -0.3 is 16.0 Å². The highest BCUT2D eigenvalue weighted by molar-refractivity contribution is 7.10. The number of likely N-dealkylation sites (N-methyl/N-ethyl adjacent to an activating group) is 1. The first kappa shape index (κ1) is 11.7. The Morgan fingerprint density at radius 2 is 2.44 bits per heavy atom. The van der Waals surface area contributed by atoms with Crippen molar-refractivity contribution in [2.24, 2.45) is 0 Å². The summed E-state index contributed by atoms with van der Waals surface area (Å²) >= 11 is 1.47. The van der Waals surface area contributed by atoms with Gasteiger partial charge in [0.1, 0.15) is 10.8 Å². The number of likely N-dealkylation sites (tertiary alicyclic amines) is 1. The number of anilines is 2. The molecule has 0 saturated carbocycles. The summed E-state index contributed by atoms with van der Waals surface area (Å²) in [5, 5.41) is 4.71. The number of nitrogens with one attached hydrogen (secondary N) is 1.